The molecule has 1 aliphatic rings. The Balaban J connectivity index is 0.000000337. The summed E-state index contributed by atoms with van der Waals surface area (Å²) in [4.78, 5) is 60.9. The van der Waals surface area contributed by atoms with Crippen LogP contribution in [-0.2, 0) is 21.7 Å². The van der Waals surface area contributed by atoms with Gasteiger partial charge in [-0.15, -0.1) is 24.3 Å². The maximum Gasteiger partial charge on any atom is 0.308 e. The molecule has 0 aliphatic heterocycles. The average Bonchev–Trinajstić information content (AvgIpc) is 3.02. The van der Waals surface area contributed by atoms with Crippen LogP contribution in [0.15, 0.2) is 97.1 Å². The van der Waals surface area contributed by atoms with Crippen molar-refractivity contribution < 1.29 is 65.8 Å². The van der Waals surface area contributed by atoms with E-state index in [1.54, 1.807) is 55.5 Å². The van der Waals surface area contributed by atoms with Gasteiger partial charge in [-0.3, -0.25) is 19.2 Å². The van der Waals surface area contributed by atoms with E-state index in [9.17, 15) is 24.3 Å². The molecule has 0 aromatic heterocycles. The Morgan fingerprint density at radius 2 is 1.02 bits per heavy atom. The first-order valence-electron chi connectivity index (χ1n) is 13.8. The number of carbonyl (C=O) groups excluding carboxylic acids is 6. The Hall–Kier alpha value is -5.09. The molecule has 4 aromatic carbocycles. The van der Waals surface area contributed by atoms with Gasteiger partial charge in [-0.2, -0.15) is 0 Å². The SMILES string of the molecule is CC(=[OH+])[CH-]C(=[OH+])c1ccccc1.CC(=[OH+])[CH-]C(=[OH+])c1ccccc1.CC[OH2+].O=C1c2ccccc2C(=O)c2c1ccc(O)c2[OH2+].[Ti]. The molecule has 4 aromatic rings. The monoisotopic (exact) mass is 662 g/mol. The number of carbonyl (C=O) groups is 2. The summed E-state index contributed by atoms with van der Waals surface area (Å²) in [6, 6.07) is 27.3. The molecule has 0 amide bonds. The number of hydrogen-bond acceptors (Lipinski definition) is 3. The molecule has 0 bridgehead atoms. The van der Waals surface area contributed by atoms with Crippen molar-refractivity contribution in [2.45, 2.75) is 20.8 Å². The first kappa shape index (κ1) is 38.9. The van der Waals surface area contributed by atoms with Crippen LogP contribution in [0.4, 0.5) is 0 Å². The number of fused-ring (bicyclic) bond motifs is 2. The zero-order chi connectivity index (χ0) is 33.5. The minimum absolute atomic E-state index is 0. The molecule has 0 saturated heterocycles. The van der Waals surface area contributed by atoms with E-state index < -0.39 is 0 Å². The van der Waals surface area contributed by atoms with Gasteiger partial charge >= 0.3 is 5.75 Å². The van der Waals surface area contributed by atoms with E-state index in [1.807, 2.05) is 36.4 Å². The maximum absolute atomic E-state index is 12.2. The van der Waals surface area contributed by atoms with Crippen molar-refractivity contribution in [2.75, 3.05) is 6.61 Å². The molecule has 5 rings (SSSR count). The second kappa shape index (κ2) is 19.3. The molecule has 1 aliphatic carbocycles. The molecule has 0 spiro atoms. The standard InChI is InChI=1S/C14H8O4.2C10H9O2.C2H6O.Ti/c15-10-6-5-9-11(14(10)18)13(17)8-4-2-1-3-7(8)12(9)16;2*1-8(11)7-10(12)9-5-3-2-4-6-9;1-2-3;/h1-6,15,18H;2*2-7H,1H3;3H,2H2,1H3;/q;2*-1;;/p+6. The van der Waals surface area contributed by atoms with Gasteiger partial charge in [0.15, 0.2) is 5.78 Å². The molecule has 0 unspecified atom stereocenters. The summed E-state index contributed by atoms with van der Waals surface area (Å²) in [5, 5.41) is 23.4. The second-order valence-corrected chi connectivity index (χ2v) is 9.51. The number of ketones is 6. The van der Waals surface area contributed by atoms with Crippen LogP contribution in [0, 0.1) is 12.8 Å². The summed E-state index contributed by atoms with van der Waals surface area (Å²) in [5.74, 6) is -0.914. The van der Waals surface area contributed by atoms with Gasteiger partial charge in [0.1, 0.15) is 12.2 Å². The Morgan fingerprint density at radius 3 is 1.41 bits per heavy atom. The van der Waals surface area contributed by atoms with Gasteiger partial charge in [-0.1, -0.05) is 71.8 Å². The molecule has 0 saturated carbocycles. The summed E-state index contributed by atoms with van der Waals surface area (Å²) < 4.78 is 0. The van der Waals surface area contributed by atoms with Gasteiger partial charge in [0.05, 0.1) is 0 Å². The third-order valence-electron chi connectivity index (χ3n) is 5.90. The van der Waals surface area contributed by atoms with E-state index >= 15 is 0 Å². The number of hydrogen-bond donors (Lipinski definition) is 1. The van der Waals surface area contributed by atoms with Crippen molar-refractivity contribution in [1.29, 1.82) is 0 Å². The van der Waals surface area contributed by atoms with Crippen molar-refractivity contribution in [1.82, 2.24) is 0 Å². The van der Waals surface area contributed by atoms with Gasteiger partial charge in [-0.05, 0) is 25.0 Å². The summed E-state index contributed by atoms with van der Waals surface area (Å²) >= 11 is 0. The van der Waals surface area contributed by atoms with Crippen LogP contribution in [0.3, 0.4) is 0 Å². The number of phenols is 1. The second-order valence-electron chi connectivity index (χ2n) is 9.51. The largest absolute Gasteiger partial charge is 0.590 e. The number of phenolic OH excluding ortho intramolecular Hbond substituents is 1. The van der Waals surface area contributed by atoms with Crippen molar-refractivity contribution in [2.24, 2.45) is 0 Å². The summed E-state index contributed by atoms with van der Waals surface area (Å²) in [6.07, 6.45) is 2.63. The van der Waals surface area contributed by atoms with E-state index in [-0.39, 0.29) is 84.6 Å². The van der Waals surface area contributed by atoms with Gasteiger partial charge in [-0.25, -0.2) is 0 Å². The first-order chi connectivity index (χ1) is 21.4. The predicted octanol–water partition coefficient (Wildman–Crippen LogP) is 4.03. The van der Waals surface area contributed by atoms with E-state index in [0.29, 0.717) is 23.3 Å². The van der Waals surface area contributed by atoms with Gasteiger partial charge < -0.3 is 24.9 Å². The fourth-order valence-electron chi connectivity index (χ4n) is 3.96. The smallest absolute Gasteiger partial charge is 0.308 e. The summed E-state index contributed by atoms with van der Waals surface area (Å²) in [7, 11) is 0. The van der Waals surface area contributed by atoms with Gasteiger partial charge in [0, 0.05) is 59.2 Å². The molecule has 46 heavy (non-hydrogen) atoms. The molecule has 0 atom stereocenters. The molecule has 0 radical (unpaired) electrons. The molecule has 10 heteroatoms. The Kier molecular flexibility index (Phi) is 16.4. The van der Waals surface area contributed by atoms with E-state index in [2.05, 4.69) is 0 Å². The maximum atomic E-state index is 12.2. The molecular formula is C36H38O9Ti+4. The molecule has 0 heterocycles. The van der Waals surface area contributed by atoms with Gasteiger partial charge in [0.25, 0.3) is 0 Å². The summed E-state index contributed by atoms with van der Waals surface area (Å²) in [5.41, 5.74) is 2.20. The van der Waals surface area contributed by atoms with Crippen LogP contribution in [0.2, 0.25) is 0 Å². The zero-order valence-electron chi connectivity index (χ0n) is 25.7. The van der Waals surface area contributed by atoms with Crippen LogP contribution in [0.1, 0.15) is 63.7 Å². The molecule has 9 N–H and O–H groups in total. The number of rotatable bonds is 6. The van der Waals surface area contributed by atoms with Crippen LogP contribution in [0.25, 0.3) is 0 Å². The normalized spacial score (nSPS) is 10.3. The molecule has 236 valence electrons. The molecule has 0 fully saturated rings. The third kappa shape index (κ3) is 11.1. The minimum atomic E-state index is -0.388. The third-order valence-corrected chi connectivity index (χ3v) is 5.90. The van der Waals surface area contributed by atoms with E-state index in [0.717, 1.165) is 0 Å². The average molecular weight is 663 g/mol. The Bertz CT molecular complexity index is 1620. The van der Waals surface area contributed by atoms with E-state index in [1.165, 1.54) is 38.8 Å². The first-order valence-corrected chi connectivity index (χ1v) is 13.8. The van der Waals surface area contributed by atoms with E-state index in [4.69, 9.17) is 19.8 Å². The van der Waals surface area contributed by atoms with Crippen LogP contribution < -0.4 is 0 Å². The van der Waals surface area contributed by atoms with Crippen LogP contribution in [0.5, 0.6) is 11.5 Å². The van der Waals surface area contributed by atoms with Gasteiger partial charge in [0.2, 0.25) is 34.7 Å². The Labute approximate surface area is 281 Å². The van der Waals surface area contributed by atoms with Crippen molar-refractivity contribution >= 4 is 34.7 Å². The quantitative estimate of drug-likeness (QED) is 0.0948. The van der Waals surface area contributed by atoms with Crippen LogP contribution >= 0.6 is 0 Å². The fourth-order valence-corrected chi connectivity index (χ4v) is 3.96. The number of aromatic hydroxyl groups is 1. The number of benzene rings is 4. The van der Waals surface area contributed by atoms with Crippen LogP contribution in [-0.4, -0.2) is 75.8 Å². The topological polar surface area (TPSA) is 186 Å². The summed E-state index contributed by atoms with van der Waals surface area (Å²) in [6.45, 7) is 5.32. The minimum Gasteiger partial charge on any atom is -0.590 e. The fraction of sp³-hybridized carbons (Fsp3) is 0.111. The van der Waals surface area contributed by atoms with Crippen molar-refractivity contribution in [3.63, 3.8) is 0 Å². The predicted molar refractivity (Wildman–Crippen MR) is 177 cm³/mol. The zero-order valence-corrected chi connectivity index (χ0v) is 27.2. The Morgan fingerprint density at radius 1 is 0.652 bits per heavy atom. The van der Waals surface area contributed by atoms with Crippen molar-refractivity contribution in [3.05, 3.63) is 143 Å². The van der Waals surface area contributed by atoms with Crippen molar-refractivity contribution in [3.8, 4) is 11.5 Å². The molecular weight excluding hydrogens is 624 g/mol. The molecule has 9 nitrogen and oxygen atoms in total.